The normalized spacial score (nSPS) is 16.1. The maximum atomic E-state index is 11.9. The minimum Gasteiger partial charge on any atom is -0.478 e. The molecule has 0 heterocycles. The maximum Gasteiger partial charge on any atom is 0.335 e. The van der Waals surface area contributed by atoms with Crippen LogP contribution in [0.5, 0.6) is 0 Å². The fourth-order valence-electron chi connectivity index (χ4n) is 2.21. The van der Waals surface area contributed by atoms with Crippen molar-refractivity contribution in [1.29, 1.82) is 0 Å². The Bertz CT molecular complexity index is 552. The molecule has 1 aromatic carbocycles. The second-order valence-corrected chi connectivity index (χ2v) is 5.60. The average Bonchev–Trinajstić information content (AvgIpc) is 2.40. The van der Waals surface area contributed by atoms with Gasteiger partial charge in [-0.05, 0) is 37.5 Å². The van der Waals surface area contributed by atoms with Gasteiger partial charge in [-0.1, -0.05) is 11.6 Å². The van der Waals surface area contributed by atoms with Crippen LogP contribution in [0, 0.1) is 0 Å². The average molecular weight is 313 g/mol. The third kappa shape index (κ3) is 3.72. The van der Waals surface area contributed by atoms with Gasteiger partial charge < -0.3 is 20.8 Å². The first-order chi connectivity index (χ1) is 9.96. The summed E-state index contributed by atoms with van der Waals surface area (Å²) in [5.41, 5.74) is -0.0483. The van der Waals surface area contributed by atoms with Crippen molar-refractivity contribution in [2.45, 2.75) is 24.8 Å². The second-order valence-electron chi connectivity index (χ2n) is 5.19. The van der Waals surface area contributed by atoms with Crippen molar-refractivity contribution in [2.75, 3.05) is 18.5 Å². The summed E-state index contributed by atoms with van der Waals surface area (Å²) in [6.07, 6.45) is 2.71. The number of benzene rings is 1. The Morgan fingerprint density at radius 1 is 1.33 bits per heavy atom. The number of amides is 1. The van der Waals surface area contributed by atoms with Gasteiger partial charge in [0.15, 0.2) is 0 Å². The predicted molar refractivity (Wildman–Crippen MR) is 78.7 cm³/mol. The molecule has 1 aliphatic carbocycles. The van der Waals surface area contributed by atoms with E-state index in [-0.39, 0.29) is 40.9 Å². The summed E-state index contributed by atoms with van der Waals surface area (Å²) in [6, 6.07) is 4.11. The van der Waals surface area contributed by atoms with Crippen LogP contribution in [0.15, 0.2) is 18.2 Å². The van der Waals surface area contributed by atoms with E-state index in [9.17, 15) is 14.7 Å². The summed E-state index contributed by atoms with van der Waals surface area (Å²) >= 11 is 5.93. The number of carbonyl (C=O) groups is 2. The van der Waals surface area contributed by atoms with Crippen LogP contribution < -0.4 is 10.6 Å². The van der Waals surface area contributed by atoms with E-state index in [1.165, 1.54) is 18.2 Å². The third-order valence-electron chi connectivity index (χ3n) is 3.72. The Balaban J connectivity index is 1.96. The minimum atomic E-state index is -1.09. The van der Waals surface area contributed by atoms with Crippen molar-refractivity contribution in [3.05, 3.63) is 28.8 Å². The zero-order chi connectivity index (χ0) is 15.5. The molecule has 6 nitrogen and oxygen atoms in total. The lowest BCUT2D eigenvalue weighted by Crippen LogP contribution is -2.55. The van der Waals surface area contributed by atoms with Gasteiger partial charge in [-0.2, -0.15) is 0 Å². The Kier molecular flexibility index (Phi) is 4.82. The molecule has 1 aromatic rings. The van der Waals surface area contributed by atoms with Crippen LogP contribution in [0.25, 0.3) is 0 Å². The van der Waals surface area contributed by atoms with Crippen molar-refractivity contribution in [3.8, 4) is 0 Å². The predicted octanol–water partition coefficient (Wildman–Crippen LogP) is 1.48. The van der Waals surface area contributed by atoms with E-state index >= 15 is 0 Å². The molecule has 2 rings (SSSR count). The monoisotopic (exact) mass is 312 g/mol. The van der Waals surface area contributed by atoms with Crippen LogP contribution in [0.4, 0.5) is 5.69 Å². The van der Waals surface area contributed by atoms with Crippen LogP contribution in [-0.4, -0.2) is 40.8 Å². The third-order valence-corrected chi connectivity index (χ3v) is 4.05. The Morgan fingerprint density at radius 3 is 2.57 bits per heavy atom. The van der Waals surface area contributed by atoms with E-state index in [0.717, 1.165) is 19.3 Å². The van der Waals surface area contributed by atoms with Gasteiger partial charge in [0.1, 0.15) is 0 Å². The molecule has 1 fully saturated rings. The number of anilines is 1. The highest BCUT2D eigenvalue weighted by Gasteiger charge is 2.36. The van der Waals surface area contributed by atoms with Crippen LogP contribution in [0.1, 0.15) is 29.6 Å². The molecule has 0 aliphatic heterocycles. The first-order valence-corrected chi connectivity index (χ1v) is 7.02. The number of aliphatic hydroxyl groups is 1. The van der Waals surface area contributed by atoms with E-state index in [2.05, 4.69) is 10.6 Å². The van der Waals surface area contributed by atoms with Crippen molar-refractivity contribution in [3.63, 3.8) is 0 Å². The van der Waals surface area contributed by atoms with Gasteiger partial charge in [-0.15, -0.1) is 0 Å². The van der Waals surface area contributed by atoms with E-state index in [1.54, 1.807) is 0 Å². The standard InChI is InChI=1S/C14H17ClN2O4/c15-10-3-2-9(13(20)21)6-11(10)17-12(19)7-16-14(8-18)4-1-5-14/h2-3,6,16,18H,1,4-5,7-8H2,(H,17,19)(H,20,21). The minimum absolute atomic E-state index is 0.00443. The van der Waals surface area contributed by atoms with Gasteiger partial charge in [0.05, 0.1) is 29.4 Å². The van der Waals surface area contributed by atoms with Crippen LogP contribution in [0.3, 0.4) is 0 Å². The summed E-state index contributed by atoms with van der Waals surface area (Å²) in [4.78, 5) is 22.8. The molecule has 0 spiro atoms. The van der Waals surface area contributed by atoms with Crippen LogP contribution >= 0.6 is 11.6 Å². The molecule has 0 atom stereocenters. The fourth-order valence-corrected chi connectivity index (χ4v) is 2.38. The molecule has 0 bridgehead atoms. The van der Waals surface area contributed by atoms with E-state index < -0.39 is 5.97 Å². The molecule has 1 aliphatic rings. The number of hydrogen-bond donors (Lipinski definition) is 4. The Hall–Kier alpha value is -1.63. The van der Waals surface area contributed by atoms with E-state index in [1.807, 2.05) is 0 Å². The van der Waals surface area contributed by atoms with Gasteiger partial charge in [0, 0.05) is 5.54 Å². The summed E-state index contributed by atoms with van der Waals surface area (Å²) in [5, 5.41) is 24.1. The Labute approximate surface area is 127 Å². The van der Waals surface area contributed by atoms with E-state index in [4.69, 9.17) is 16.7 Å². The number of aliphatic hydroxyl groups excluding tert-OH is 1. The number of carboxylic acids is 1. The highest BCUT2D eigenvalue weighted by molar-refractivity contribution is 6.33. The number of nitrogens with one attached hydrogen (secondary N) is 2. The first-order valence-electron chi connectivity index (χ1n) is 6.64. The van der Waals surface area contributed by atoms with Crippen molar-refractivity contribution < 1.29 is 19.8 Å². The van der Waals surface area contributed by atoms with Gasteiger partial charge in [0.25, 0.3) is 0 Å². The summed E-state index contributed by atoms with van der Waals surface area (Å²) < 4.78 is 0. The second kappa shape index (κ2) is 6.43. The molecular weight excluding hydrogens is 296 g/mol. The van der Waals surface area contributed by atoms with Gasteiger partial charge in [-0.25, -0.2) is 4.79 Å². The number of carbonyl (C=O) groups excluding carboxylic acids is 1. The topological polar surface area (TPSA) is 98.7 Å². The molecule has 0 unspecified atom stereocenters. The smallest absolute Gasteiger partial charge is 0.335 e. The zero-order valence-corrected chi connectivity index (χ0v) is 12.1. The number of hydrogen-bond acceptors (Lipinski definition) is 4. The SMILES string of the molecule is O=C(CNC1(CO)CCC1)Nc1cc(C(=O)O)ccc1Cl. The number of aromatic carboxylic acids is 1. The van der Waals surface area contributed by atoms with Crippen LogP contribution in [-0.2, 0) is 4.79 Å². The maximum absolute atomic E-state index is 11.9. The van der Waals surface area contributed by atoms with Gasteiger partial charge in [0.2, 0.25) is 5.91 Å². The lowest BCUT2D eigenvalue weighted by atomic mass is 9.77. The quantitative estimate of drug-likeness (QED) is 0.638. The first kappa shape index (κ1) is 15.8. The zero-order valence-electron chi connectivity index (χ0n) is 11.4. The molecule has 4 N–H and O–H groups in total. The number of carboxylic acid groups (broad SMARTS) is 1. The van der Waals surface area contributed by atoms with Crippen LogP contribution in [0.2, 0.25) is 5.02 Å². The summed E-state index contributed by atoms with van der Waals surface area (Å²) in [6.45, 7) is 0.0315. The molecule has 0 saturated heterocycles. The molecule has 1 saturated carbocycles. The molecule has 21 heavy (non-hydrogen) atoms. The van der Waals surface area contributed by atoms with Crippen molar-refractivity contribution in [1.82, 2.24) is 5.32 Å². The molecule has 1 amide bonds. The van der Waals surface area contributed by atoms with Crippen molar-refractivity contribution in [2.24, 2.45) is 0 Å². The highest BCUT2D eigenvalue weighted by atomic mass is 35.5. The lowest BCUT2D eigenvalue weighted by molar-refractivity contribution is -0.116. The molecule has 114 valence electrons. The lowest BCUT2D eigenvalue weighted by Gasteiger charge is -2.41. The fraction of sp³-hybridized carbons (Fsp3) is 0.429. The van der Waals surface area contributed by atoms with E-state index in [0.29, 0.717) is 0 Å². The number of halogens is 1. The van der Waals surface area contributed by atoms with Gasteiger partial charge in [-0.3, -0.25) is 4.79 Å². The summed E-state index contributed by atoms with van der Waals surface area (Å²) in [7, 11) is 0. The van der Waals surface area contributed by atoms with Crippen molar-refractivity contribution >= 4 is 29.2 Å². The molecule has 0 aromatic heterocycles. The molecule has 0 radical (unpaired) electrons. The molecular formula is C14H17ClN2O4. The number of rotatable bonds is 6. The highest BCUT2D eigenvalue weighted by Crippen LogP contribution is 2.31. The Morgan fingerprint density at radius 2 is 2.05 bits per heavy atom. The molecule has 7 heteroatoms. The summed E-state index contributed by atoms with van der Waals surface area (Å²) in [5.74, 6) is -1.42. The largest absolute Gasteiger partial charge is 0.478 e. The van der Waals surface area contributed by atoms with Gasteiger partial charge >= 0.3 is 5.97 Å².